The summed E-state index contributed by atoms with van der Waals surface area (Å²) < 4.78 is 4.79. The Labute approximate surface area is 99.9 Å². The molecule has 1 N–H and O–H groups in total. The lowest BCUT2D eigenvalue weighted by molar-refractivity contribution is -0.145. The molecule has 2 amide bonds. The van der Waals surface area contributed by atoms with E-state index >= 15 is 0 Å². The summed E-state index contributed by atoms with van der Waals surface area (Å²) in [5.41, 5.74) is 0. The average molecular weight is 239 g/mol. The number of carbonyl (C=O) groups excluding carboxylic acids is 2. The lowest BCUT2D eigenvalue weighted by Crippen LogP contribution is -2.60. The maximum absolute atomic E-state index is 12.1. The van der Waals surface area contributed by atoms with Crippen LogP contribution in [0.15, 0.2) is 0 Å². The second-order valence-electron chi connectivity index (χ2n) is 4.88. The highest BCUT2D eigenvalue weighted by molar-refractivity contribution is 5.83. The van der Waals surface area contributed by atoms with Crippen molar-refractivity contribution in [2.45, 2.75) is 31.0 Å². The van der Waals surface area contributed by atoms with Crippen molar-refractivity contribution in [3.63, 3.8) is 0 Å². The Balaban J connectivity index is 1.79. The van der Waals surface area contributed by atoms with Gasteiger partial charge in [-0.1, -0.05) is 0 Å². The van der Waals surface area contributed by atoms with Crippen LogP contribution >= 0.6 is 0 Å². The van der Waals surface area contributed by atoms with Gasteiger partial charge in [0.05, 0.1) is 13.2 Å². The number of piperazine rings is 1. The third-order valence-corrected chi connectivity index (χ3v) is 3.82. The number of carbonyl (C=O) groups is 2. The van der Waals surface area contributed by atoms with E-state index in [1.807, 2.05) is 9.80 Å². The minimum Gasteiger partial charge on any atom is -0.468 e. The summed E-state index contributed by atoms with van der Waals surface area (Å²) >= 11 is 0. The molecule has 0 aromatic rings. The Hall–Kier alpha value is -1.30. The predicted molar refractivity (Wildman–Crippen MR) is 59.4 cm³/mol. The van der Waals surface area contributed by atoms with Gasteiger partial charge in [0.2, 0.25) is 0 Å². The number of methoxy groups -OCH3 is 1. The molecule has 2 aliphatic heterocycles. The summed E-state index contributed by atoms with van der Waals surface area (Å²) in [4.78, 5) is 27.5. The molecule has 2 heterocycles. The smallest absolute Gasteiger partial charge is 0.325 e. The largest absolute Gasteiger partial charge is 0.468 e. The summed E-state index contributed by atoms with van der Waals surface area (Å²) in [7, 11) is 1.39. The van der Waals surface area contributed by atoms with E-state index in [9.17, 15) is 9.59 Å². The molecule has 0 bridgehead atoms. The first-order valence-electron chi connectivity index (χ1n) is 6.11. The van der Waals surface area contributed by atoms with Crippen molar-refractivity contribution in [2.24, 2.45) is 0 Å². The molecule has 0 aromatic carbocycles. The molecule has 6 heteroatoms. The molecule has 1 saturated carbocycles. The Morgan fingerprint density at radius 1 is 1.41 bits per heavy atom. The zero-order valence-corrected chi connectivity index (χ0v) is 9.89. The zero-order chi connectivity index (χ0) is 12.0. The van der Waals surface area contributed by atoms with Crippen LogP contribution in [0.2, 0.25) is 0 Å². The van der Waals surface area contributed by atoms with E-state index in [-0.39, 0.29) is 24.1 Å². The molecule has 0 spiro atoms. The van der Waals surface area contributed by atoms with Crippen LogP contribution in [-0.2, 0) is 9.53 Å². The van der Waals surface area contributed by atoms with Crippen LogP contribution in [0.5, 0.6) is 0 Å². The minimum atomic E-state index is -0.374. The van der Waals surface area contributed by atoms with Crippen molar-refractivity contribution >= 4 is 12.0 Å². The summed E-state index contributed by atoms with van der Waals surface area (Å²) in [6.07, 6.45) is 2.20. The van der Waals surface area contributed by atoms with Crippen molar-refractivity contribution in [1.29, 1.82) is 0 Å². The summed E-state index contributed by atoms with van der Waals surface area (Å²) in [5, 5.41) is 3.15. The fraction of sp³-hybridized carbons (Fsp3) is 0.818. The number of amides is 2. The van der Waals surface area contributed by atoms with Gasteiger partial charge >= 0.3 is 12.0 Å². The van der Waals surface area contributed by atoms with Crippen LogP contribution < -0.4 is 5.32 Å². The third-order valence-electron chi connectivity index (χ3n) is 3.82. The van der Waals surface area contributed by atoms with E-state index in [0.29, 0.717) is 25.7 Å². The van der Waals surface area contributed by atoms with Crippen molar-refractivity contribution in [3.05, 3.63) is 0 Å². The third kappa shape index (κ3) is 1.67. The van der Waals surface area contributed by atoms with E-state index < -0.39 is 0 Å². The second-order valence-corrected chi connectivity index (χ2v) is 4.88. The quantitative estimate of drug-likeness (QED) is 0.654. The molecule has 2 saturated heterocycles. The number of urea groups is 1. The van der Waals surface area contributed by atoms with E-state index in [2.05, 4.69) is 5.32 Å². The number of hydrogen-bond donors (Lipinski definition) is 1. The number of fused-ring (bicyclic) bond motifs is 1. The van der Waals surface area contributed by atoms with Gasteiger partial charge in [0.25, 0.3) is 0 Å². The Kier molecular flexibility index (Phi) is 2.47. The number of nitrogens with one attached hydrogen (secondary N) is 1. The first-order valence-corrected chi connectivity index (χ1v) is 6.11. The van der Waals surface area contributed by atoms with Crippen molar-refractivity contribution < 1.29 is 14.3 Å². The van der Waals surface area contributed by atoms with Gasteiger partial charge in [0.15, 0.2) is 0 Å². The SMILES string of the molecule is COC(=O)[C@@H]1NCCN2C(=O)N(C3CC3)C[C@@H]12. The lowest BCUT2D eigenvalue weighted by Gasteiger charge is -2.34. The van der Waals surface area contributed by atoms with Gasteiger partial charge in [-0.15, -0.1) is 0 Å². The molecule has 17 heavy (non-hydrogen) atoms. The molecule has 6 nitrogen and oxygen atoms in total. The van der Waals surface area contributed by atoms with Gasteiger partial charge in [-0.2, -0.15) is 0 Å². The summed E-state index contributed by atoms with van der Waals surface area (Å²) in [6, 6.07) is 0.0602. The molecule has 94 valence electrons. The second kappa shape index (κ2) is 3.87. The molecule has 0 aromatic heterocycles. The minimum absolute atomic E-state index is 0.0655. The highest BCUT2D eigenvalue weighted by Crippen LogP contribution is 2.33. The molecule has 1 aliphatic carbocycles. The highest BCUT2D eigenvalue weighted by Gasteiger charge is 2.50. The average Bonchev–Trinajstić information content (AvgIpc) is 3.14. The van der Waals surface area contributed by atoms with Crippen LogP contribution in [-0.4, -0.2) is 66.7 Å². The van der Waals surface area contributed by atoms with Gasteiger partial charge < -0.3 is 19.9 Å². The fourth-order valence-electron chi connectivity index (χ4n) is 2.77. The summed E-state index contributed by atoms with van der Waals surface area (Å²) in [6.45, 7) is 1.98. The van der Waals surface area contributed by atoms with Crippen molar-refractivity contribution in [1.82, 2.24) is 15.1 Å². The Bertz CT molecular complexity index is 356. The van der Waals surface area contributed by atoms with Crippen LogP contribution in [0.4, 0.5) is 4.79 Å². The first kappa shape index (κ1) is 10.8. The molecular formula is C11H17N3O3. The number of nitrogens with zero attached hydrogens (tertiary/aromatic N) is 2. The maximum atomic E-state index is 12.1. The van der Waals surface area contributed by atoms with Gasteiger partial charge in [-0.25, -0.2) is 4.79 Å². The van der Waals surface area contributed by atoms with E-state index in [0.717, 1.165) is 12.8 Å². The molecule has 3 fully saturated rings. The molecule has 2 atom stereocenters. The molecule has 3 rings (SSSR count). The standard InChI is InChI=1S/C11H17N3O3/c1-17-10(15)9-8-6-14(7-2-3-7)11(16)13(8)5-4-12-9/h7-9,12H,2-6H2,1H3/t8-,9+/m0/s1. The zero-order valence-electron chi connectivity index (χ0n) is 9.89. The van der Waals surface area contributed by atoms with Gasteiger partial charge in [-0.05, 0) is 12.8 Å². The van der Waals surface area contributed by atoms with E-state index in [1.54, 1.807) is 0 Å². The van der Waals surface area contributed by atoms with Gasteiger partial charge in [-0.3, -0.25) is 4.79 Å². The normalized spacial score (nSPS) is 32.6. The molecular weight excluding hydrogens is 222 g/mol. The maximum Gasteiger partial charge on any atom is 0.325 e. The topological polar surface area (TPSA) is 61.9 Å². The number of hydrogen-bond acceptors (Lipinski definition) is 4. The molecule has 0 unspecified atom stereocenters. The van der Waals surface area contributed by atoms with Crippen LogP contribution in [0.1, 0.15) is 12.8 Å². The monoisotopic (exact) mass is 239 g/mol. The lowest BCUT2D eigenvalue weighted by atomic mass is 10.1. The van der Waals surface area contributed by atoms with Crippen LogP contribution in [0, 0.1) is 0 Å². The Morgan fingerprint density at radius 2 is 2.18 bits per heavy atom. The van der Waals surface area contributed by atoms with Gasteiger partial charge in [0.1, 0.15) is 6.04 Å². The predicted octanol–water partition coefficient (Wildman–Crippen LogP) is -0.600. The molecule has 0 radical (unpaired) electrons. The van der Waals surface area contributed by atoms with Crippen LogP contribution in [0.3, 0.4) is 0 Å². The first-order chi connectivity index (χ1) is 8.22. The van der Waals surface area contributed by atoms with Crippen LogP contribution in [0.25, 0.3) is 0 Å². The van der Waals surface area contributed by atoms with Crippen molar-refractivity contribution in [2.75, 3.05) is 26.7 Å². The number of rotatable bonds is 2. The Morgan fingerprint density at radius 3 is 2.82 bits per heavy atom. The summed E-state index contributed by atoms with van der Waals surface area (Å²) in [5.74, 6) is -0.273. The number of esters is 1. The fourth-order valence-corrected chi connectivity index (χ4v) is 2.77. The van der Waals surface area contributed by atoms with E-state index in [4.69, 9.17) is 4.74 Å². The van der Waals surface area contributed by atoms with Crippen molar-refractivity contribution in [3.8, 4) is 0 Å². The molecule has 3 aliphatic rings. The van der Waals surface area contributed by atoms with Gasteiger partial charge in [0, 0.05) is 25.7 Å². The highest BCUT2D eigenvalue weighted by atomic mass is 16.5. The van der Waals surface area contributed by atoms with E-state index in [1.165, 1.54) is 7.11 Å². The number of ether oxygens (including phenoxy) is 1.